The van der Waals surface area contributed by atoms with Crippen LogP contribution in [0, 0.1) is 5.41 Å². The Morgan fingerprint density at radius 3 is 2.23 bits per heavy atom. The highest BCUT2D eigenvalue weighted by molar-refractivity contribution is 6.24. The van der Waals surface area contributed by atoms with Gasteiger partial charge in [-0.25, -0.2) is 0 Å². The van der Waals surface area contributed by atoms with Crippen molar-refractivity contribution in [3.05, 3.63) is 69.8 Å². The van der Waals surface area contributed by atoms with Crippen molar-refractivity contribution in [2.75, 3.05) is 0 Å². The van der Waals surface area contributed by atoms with Crippen LogP contribution >= 0.6 is 0 Å². The first kappa shape index (κ1) is 12.3. The molecule has 0 amide bonds. The third-order valence-electron chi connectivity index (χ3n) is 5.68. The fourth-order valence-electron chi connectivity index (χ4n) is 4.58. The monoisotopic (exact) mass is 288 g/mol. The molecule has 5 rings (SSSR count). The van der Waals surface area contributed by atoms with Gasteiger partial charge in [0.05, 0.1) is 0 Å². The molecule has 0 fully saturated rings. The standard InChI is InChI=1S/C20H16O2/c21-18-16-7-2-1-4-14(16)10-20(18)11-15-8-12-5-3-6-13(12)9-17(15)19(20)22/h1-2,4,7-9H,3,5-6,10-11H2/t20-/m1/s1. The van der Waals surface area contributed by atoms with Crippen molar-refractivity contribution in [3.8, 4) is 0 Å². The van der Waals surface area contributed by atoms with Crippen LogP contribution in [-0.4, -0.2) is 11.6 Å². The highest BCUT2D eigenvalue weighted by Crippen LogP contribution is 2.47. The minimum Gasteiger partial charge on any atom is -0.293 e. The van der Waals surface area contributed by atoms with Crippen molar-refractivity contribution in [1.29, 1.82) is 0 Å². The van der Waals surface area contributed by atoms with Crippen molar-refractivity contribution in [1.82, 2.24) is 0 Å². The van der Waals surface area contributed by atoms with Gasteiger partial charge in [-0.3, -0.25) is 9.59 Å². The number of fused-ring (bicyclic) bond motifs is 3. The molecule has 108 valence electrons. The first-order valence-corrected chi connectivity index (χ1v) is 8.01. The molecule has 2 aromatic carbocycles. The van der Waals surface area contributed by atoms with Crippen LogP contribution in [-0.2, 0) is 25.7 Å². The Morgan fingerprint density at radius 1 is 0.727 bits per heavy atom. The summed E-state index contributed by atoms with van der Waals surface area (Å²) in [6.45, 7) is 0. The molecule has 2 nitrogen and oxygen atoms in total. The molecule has 0 aromatic heterocycles. The molecule has 1 spiro atoms. The van der Waals surface area contributed by atoms with Gasteiger partial charge in [-0.1, -0.05) is 30.3 Å². The van der Waals surface area contributed by atoms with E-state index in [-0.39, 0.29) is 11.6 Å². The zero-order valence-electron chi connectivity index (χ0n) is 12.3. The average molecular weight is 288 g/mol. The van der Waals surface area contributed by atoms with E-state index in [9.17, 15) is 9.59 Å². The summed E-state index contributed by atoms with van der Waals surface area (Å²) in [5.74, 6) is 0.0860. The van der Waals surface area contributed by atoms with Gasteiger partial charge in [-0.15, -0.1) is 0 Å². The van der Waals surface area contributed by atoms with E-state index in [0.717, 1.165) is 35.1 Å². The smallest absolute Gasteiger partial charge is 0.177 e. The van der Waals surface area contributed by atoms with Crippen molar-refractivity contribution in [3.63, 3.8) is 0 Å². The average Bonchev–Trinajstić information content (AvgIpc) is 3.16. The molecule has 0 saturated carbocycles. The molecule has 0 bridgehead atoms. The summed E-state index contributed by atoms with van der Waals surface area (Å²) in [4.78, 5) is 26.0. The third kappa shape index (κ3) is 1.36. The minimum atomic E-state index is -0.846. The SMILES string of the molecule is O=C1c2ccccc2C[C@@]12Cc1cc3c(cc1C2=O)CCC3. The molecule has 1 atom stereocenters. The van der Waals surface area contributed by atoms with E-state index in [1.165, 1.54) is 17.5 Å². The molecule has 2 aromatic rings. The van der Waals surface area contributed by atoms with Crippen LogP contribution in [0.25, 0.3) is 0 Å². The van der Waals surface area contributed by atoms with Gasteiger partial charge in [0, 0.05) is 11.1 Å². The van der Waals surface area contributed by atoms with Crippen molar-refractivity contribution < 1.29 is 9.59 Å². The molecule has 0 unspecified atom stereocenters. The number of aryl methyl sites for hydroxylation is 2. The maximum Gasteiger partial charge on any atom is 0.177 e. The van der Waals surface area contributed by atoms with Crippen LogP contribution < -0.4 is 0 Å². The molecule has 0 radical (unpaired) electrons. The predicted molar refractivity (Wildman–Crippen MR) is 83.4 cm³/mol. The summed E-state index contributed by atoms with van der Waals surface area (Å²) in [5.41, 5.74) is 5.52. The summed E-state index contributed by atoms with van der Waals surface area (Å²) in [6, 6.07) is 12.0. The van der Waals surface area contributed by atoms with E-state index in [1.807, 2.05) is 24.3 Å². The van der Waals surface area contributed by atoms with E-state index in [2.05, 4.69) is 12.1 Å². The Balaban J connectivity index is 1.65. The van der Waals surface area contributed by atoms with Crippen molar-refractivity contribution in [2.45, 2.75) is 32.1 Å². The molecule has 0 aliphatic heterocycles. The van der Waals surface area contributed by atoms with Crippen LogP contribution in [0.3, 0.4) is 0 Å². The summed E-state index contributed by atoms with van der Waals surface area (Å²) >= 11 is 0. The number of carbonyl (C=O) groups excluding carboxylic acids is 2. The second kappa shape index (κ2) is 3.95. The van der Waals surface area contributed by atoms with E-state index < -0.39 is 5.41 Å². The Kier molecular flexibility index (Phi) is 2.21. The van der Waals surface area contributed by atoms with Crippen LogP contribution in [0.15, 0.2) is 36.4 Å². The summed E-state index contributed by atoms with van der Waals surface area (Å²) in [7, 11) is 0. The van der Waals surface area contributed by atoms with Gasteiger partial charge < -0.3 is 0 Å². The Morgan fingerprint density at radius 2 is 1.41 bits per heavy atom. The van der Waals surface area contributed by atoms with Gasteiger partial charge in [0.15, 0.2) is 11.6 Å². The maximum atomic E-state index is 13.1. The second-order valence-corrected chi connectivity index (χ2v) is 6.88. The molecule has 3 aliphatic carbocycles. The lowest BCUT2D eigenvalue weighted by atomic mass is 9.80. The minimum absolute atomic E-state index is 0.0319. The highest BCUT2D eigenvalue weighted by atomic mass is 16.2. The zero-order valence-corrected chi connectivity index (χ0v) is 12.3. The highest BCUT2D eigenvalue weighted by Gasteiger charge is 2.55. The molecule has 3 aliphatic rings. The molecule has 22 heavy (non-hydrogen) atoms. The zero-order chi connectivity index (χ0) is 14.9. The number of ketones is 2. The van der Waals surface area contributed by atoms with Crippen LogP contribution in [0.2, 0.25) is 0 Å². The fourth-order valence-corrected chi connectivity index (χ4v) is 4.58. The molecular formula is C20H16O2. The maximum absolute atomic E-state index is 13.1. The summed E-state index contributed by atoms with van der Waals surface area (Å²) in [5, 5.41) is 0. The van der Waals surface area contributed by atoms with E-state index in [4.69, 9.17) is 0 Å². The van der Waals surface area contributed by atoms with Gasteiger partial charge in [-0.2, -0.15) is 0 Å². The first-order chi connectivity index (χ1) is 10.7. The lowest BCUT2D eigenvalue weighted by Gasteiger charge is -2.18. The Hall–Kier alpha value is -2.22. The van der Waals surface area contributed by atoms with Gasteiger partial charge >= 0.3 is 0 Å². The topological polar surface area (TPSA) is 34.1 Å². The summed E-state index contributed by atoms with van der Waals surface area (Å²) < 4.78 is 0. The van der Waals surface area contributed by atoms with Gasteiger partial charge in [0.1, 0.15) is 5.41 Å². The number of carbonyl (C=O) groups is 2. The quantitative estimate of drug-likeness (QED) is 0.697. The number of hydrogen-bond acceptors (Lipinski definition) is 2. The Labute approximate surface area is 129 Å². The van der Waals surface area contributed by atoms with Gasteiger partial charge in [-0.05, 0) is 60.4 Å². The number of hydrogen-bond donors (Lipinski definition) is 0. The van der Waals surface area contributed by atoms with E-state index >= 15 is 0 Å². The summed E-state index contributed by atoms with van der Waals surface area (Å²) in [6.07, 6.45) is 4.51. The lowest BCUT2D eigenvalue weighted by Crippen LogP contribution is -2.34. The van der Waals surface area contributed by atoms with Crippen molar-refractivity contribution in [2.24, 2.45) is 5.41 Å². The fraction of sp³-hybridized carbons (Fsp3) is 0.300. The normalized spacial score (nSPS) is 24.7. The molecule has 0 N–H and O–H groups in total. The third-order valence-corrected chi connectivity index (χ3v) is 5.68. The van der Waals surface area contributed by atoms with Crippen LogP contribution in [0.4, 0.5) is 0 Å². The molecular weight excluding hydrogens is 272 g/mol. The van der Waals surface area contributed by atoms with Gasteiger partial charge in [0.25, 0.3) is 0 Å². The Bertz CT molecular complexity index is 862. The van der Waals surface area contributed by atoms with Crippen LogP contribution in [0.1, 0.15) is 49.4 Å². The van der Waals surface area contributed by atoms with Gasteiger partial charge in [0.2, 0.25) is 0 Å². The van der Waals surface area contributed by atoms with E-state index in [1.54, 1.807) is 0 Å². The molecule has 0 saturated heterocycles. The number of benzene rings is 2. The van der Waals surface area contributed by atoms with Crippen LogP contribution in [0.5, 0.6) is 0 Å². The lowest BCUT2D eigenvalue weighted by molar-refractivity contribution is 0.0705. The number of rotatable bonds is 0. The largest absolute Gasteiger partial charge is 0.293 e. The second-order valence-electron chi connectivity index (χ2n) is 6.88. The first-order valence-electron chi connectivity index (χ1n) is 8.01. The predicted octanol–water partition coefficient (Wildman–Crippen LogP) is 3.34. The molecule has 0 heterocycles. The van der Waals surface area contributed by atoms with Crippen molar-refractivity contribution >= 4 is 11.6 Å². The van der Waals surface area contributed by atoms with E-state index in [0.29, 0.717) is 12.8 Å². The number of Topliss-reactive ketones (excluding diaryl/α,β-unsaturated/α-hetero) is 2. The molecule has 2 heteroatoms.